The monoisotopic (exact) mass is 261 g/mol. The van der Waals surface area contributed by atoms with E-state index in [4.69, 9.17) is 9.26 Å². The van der Waals surface area contributed by atoms with Gasteiger partial charge in [-0.15, -0.1) is 0 Å². The van der Waals surface area contributed by atoms with Crippen molar-refractivity contribution in [3.63, 3.8) is 0 Å². The standard InChI is InChI=1S/C13H15N3O3/c1-13(2,3)10-14-11(19-16-10)15-12(17)18-9-7-5-4-6-8-9/h4-8H,1-3H3,(H,14,15,16,17). The molecule has 6 heteroatoms. The first-order valence-electron chi connectivity index (χ1n) is 5.83. The SMILES string of the molecule is CC(C)(C)c1noc(NC(=O)Oc2ccccc2)n1. The molecule has 0 fully saturated rings. The van der Waals surface area contributed by atoms with Gasteiger partial charge in [0.15, 0.2) is 5.82 Å². The van der Waals surface area contributed by atoms with Gasteiger partial charge in [-0.3, -0.25) is 0 Å². The lowest BCUT2D eigenvalue weighted by Crippen LogP contribution is -2.17. The minimum Gasteiger partial charge on any atom is -0.410 e. The van der Waals surface area contributed by atoms with Crippen molar-refractivity contribution in [3.8, 4) is 5.75 Å². The predicted octanol–water partition coefficient (Wildman–Crippen LogP) is 2.98. The van der Waals surface area contributed by atoms with Gasteiger partial charge in [-0.2, -0.15) is 4.98 Å². The summed E-state index contributed by atoms with van der Waals surface area (Å²) in [5.74, 6) is 0.957. The number of rotatable bonds is 2. The summed E-state index contributed by atoms with van der Waals surface area (Å²) in [6.45, 7) is 5.85. The number of benzene rings is 1. The summed E-state index contributed by atoms with van der Waals surface area (Å²) < 4.78 is 9.96. The highest BCUT2D eigenvalue weighted by Gasteiger charge is 2.21. The van der Waals surface area contributed by atoms with Crippen molar-refractivity contribution in [1.82, 2.24) is 10.1 Å². The molecule has 0 bridgehead atoms. The molecular formula is C13H15N3O3. The number of para-hydroxylation sites is 1. The molecule has 0 saturated carbocycles. The van der Waals surface area contributed by atoms with E-state index in [2.05, 4.69) is 15.5 Å². The van der Waals surface area contributed by atoms with Gasteiger partial charge in [0.25, 0.3) is 0 Å². The highest BCUT2D eigenvalue weighted by Crippen LogP contribution is 2.20. The number of hydrogen-bond donors (Lipinski definition) is 1. The molecule has 0 spiro atoms. The van der Waals surface area contributed by atoms with Gasteiger partial charge in [-0.05, 0) is 12.1 Å². The predicted molar refractivity (Wildman–Crippen MR) is 69.1 cm³/mol. The van der Waals surface area contributed by atoms with Gasteiger partial charge in [0.2, 0.25) is 0 Å². The van der Waals surface area contributed by atoms with Crippen molar-refractivity contribution in [3.05, 3.63) is 36.2 Å². The second-order valence-corrected chi connectivity index (χ2v) is 5.00. The maximum atomic E-state index is 11.6. The summed E-state index contributed by atoms with van der Waals surface area (Å²) in [5, 5.41) is 6.17. The highest BCUT2D eigenvalue weighted by atomic mass is 16.6. The van der Waals surface area contributed by atoms with E-state index in [0.717, 1.165) is 0 Å². The van der Waals surface area contributed by atoms with Crippen molar-refractivity contribution < 1.29 is 14.1 Å². The lowest BCUT2D eigenvalue weighted by atomic mass is 9.96. The van der Waals surface area contributed by atoms with E-state index >= 15 is 0 Å². The first-order chi connectivity index (χ1) is 8.95. The smallest absolute Gasteiger partial charge is 0.410 e. The van der Waals surface area contributed by atoms with E-state index in [1.807, 2.05) is 26.8 Å². The number of nitrogens with one attached hydrogen (secondary N) is 1. The van der Waals surface area contributed by atoms with E-state index in [-0.39, 0.29) is 11.4 Å². The molecule has 1 aromatic carbocycles. The van der Waals surface area contributed by atoms with Gasteiger partial charge in [0, 0.05) is 5.41 Å². The van der Waals surface area contributed by atoms with E-state index < -0.39 is 6.09 Å². The number of hydrogen-bond acceptors (Lipinski definition) is 5. The fraction of sp³-hybridized carbons (Fsp3) is 0.308. The normalized spacial score (nSPS) is 11.1. The van der Waals surface area contributed by atoms with Crippen LogP contribution in [0.1, 0.15) is 26.6 Å². The first kappa shape index (κ1) is 13.1. The molecule has 6 nitrogen and oxygen atoms in total. The highest BCUT2D eigenvalue weighted by molar-refractivity contribution is 5.83. The van der Waals surface area contributed by atoms with Crippen molar-refractivity contribution in [1.29, 1.82) is 0 Å². The maximum absolute atomic E-state index is 11.6. The van der Waals surface area contributed by atoms with Crippen LogP contribution in [-0.2, 0) is 5.41 Å². The molecule has 100 valence electrons. The molecule has 0 unspecified atom stereocenters. The molecule has 1 N–H and O–H groups in total. The van der Waals surface area contributed by atoms with Gasteiger partial charge in [0.1, 0.15) is 5.75 Å². The maximum Gasteiger partial charge on any atom is 0.420 e. The molecule has 0 radical (unpaired) electrons. The average molecular weight is 261 g/mol. The van der Waals surface area contributed by atoms with Crippen molar-refractivity contribution in [2.24, 2.45) is 0 Å². The van der Waals surface area contributed by atoms with Crippen LogP contribution in [0, 0.1) is 0 Å². The zero-order valence-electron chi connectivity index (χ0n) is 11.0. The van der Waals surface area contributed by atoms with Crippen molar-refractivity contribution >= 4 is 12.1 Å². The number of anilines is 1. The molecule has 0 aliphatic rings. The molecule has 19 heavy (non-hydrogen) atoms. The summed E-state index contributed by atoms with van der Waals surface area (Å²) in [5.41, 5.74) is -0.243. The average Bonchev–Trinajstić information content (AvgIpc) is 2.78. The number of aromatic nitrogens is 2. The molecule has 1 amide bonds. The minimum absolute atomic E-state index is 0.0193. The quantitative estimate of drug-likeness (QED) is 0.899. The van der Waals surface area contributed by atoms with Crippen LogP contribution in [0.2, 0.25) is 0 Å². The second kappa shape index (κ2) is 5.09. The zero-order valence-corrected chi connectivity index (χ0v) is 11.0. The Labute approximate surface area is 110 Å². The third kappa shape index (κ3) is 3.54. The zero-order chi connectivity index (χ0) is 13.9. The Morgan fingerprint density at radius 3 is 2.53 bits per heavy atom. The summed E-state index contributed by atoms with van der Waals surface area (Å²) in [6, 6.07) is 8.74. The Balaban J connectivity index is 1.98. The largest absolute Gasteiger partial charge is 0.420 e. The van der Waals surface area contributed by atoms with E-state index in [1.165, 1.54) is 0 Å². The Kier molecular flexibility index (Phi) is 3.50. The topological polar surface area (TPSA) is 77.2 Å². The van der Waals surface area contributed by atoms with Crippen LogP contribution in [0.3, 0.4) is 0 Å². The third-order valence-electron chi connectivity index (χ3n) is 2.26. The fourth-order valence-electron chi connectivity index (χ4n) is 1.29. The summed E-state index contributed by atoms with van der Waals surface area (Å²) in [4.78, 5) is 15.7. The fourth-order valence-corrected chi connectivity index (χ4v) is 1.29. The third-order valence-corrected chi connectivity index (χ3v) is 2.26. The second-order valence-electron chi connectivity index (χ2n) is 5.00. The van der Waals surface area contributed by atoms with Crippen LogP contribution in [0.25, 0.3) is 0 Å². The number of carbonyl (C=O) groups excluding carboxylic acids is 1. The number of amides is 1. The van der Waals surface area contributed by atoms with Crippen LogP contribution >= 0.6 is 0 Å². The lowest BCUT2D eigenvalue weighted by Gasteiger charge is -2.10. The van der Waals surface area contributed by atoms with Crippen LogP contribution in [0.4, 0.5) is 10.8 Å². The molecule has 1 aromatic heterocycles. The van der Waals surface area contributed by atoms with E-state index in [1.54, 1.807) is 24.3 Å². The van der Waals surface area contributed by atoms with E-state index in [9.17, 15) is 4.79 Å². The molecule has 0 atom stereocenters. The molecular weight excluding hydrogens is 246 g/mol. The minimum atomic E-state index is -0.671. The molecule has 0 aliphatic heterocycles. The molecule has 2 rings (SSSR count). The molecule has 0 aliphatic carbocycles. The van der Waals surface area contributed by atoms with Gasteiger partial charge in [0.05, 0.1) is 0 Å². The molecule has 0 saturated heterocycles. The van der Waals surface area contributed by atoms with Crippen LogP contribution in [-0.4, -0.2) is 16.2 Å². The summed E-state index contributed by atoms with van der Waals surface area (Å²) in [7, 11) is 0. The van der Waals surface area contributed by atoms with Crippen molar-refractivity contribution in [2.45, 2.75) is 26.2 Å². The van der Waals surface area contributed by atoms with E-state index in [0.29, 0.717) is 11.6 Å². The van der Waals surface area contributed by atoms with Gasteiger partial charge >= 0.3 is 12.1 Å². The Hall–Kier alpha value is -2.37. The Morgan fingerprint density at radius 2 is 1.95 bits per heavy atom. The van der Waals surface area contributed by atoms with Gasteiger partial charge < -0.3 is 9.26 Å². The van der Waals surface area contributed by atoms with Crippen LogP contribution in [0.15, 0.2) is 34.9 Å². The van der Waals surface area contributed by atoms with Gasteiger partial charge in [-0.1, -0.05) is 44.1 Å². The van der Waals surface area contributed by atoms with Crippen LogP contribution in [0.5, 0.6) is 5.75 Å². The number of nitrogens with zero attached hydrogens (tertiary/aromatic N) is 2. The molecule has 2 aromatic rings. The first-order valence-corrected chi connectivity index (χ1v) is 5.83. The van der Waals surface area contributed by atoms with Crippen LogP contribution < -0.4 is 10.1 Å². The summed E-state index contributed by atoms with van der Waals surface area (Å²) >= 11 is 0. The Bertz CT molecular complexity index is 558. The Morgan fingerprint density at radius 1 is 1.26 bits per heavy atom. The lowest BCUT2D eigenvalue weighted by molar-refractivity contribution is 0.214. The molecule has 1 heterocycles. The van der Waals surface area contributed by atoms with Crippen molar-refractivity contribution in [2.75, 3.05) is 5.32 Å². The number of ether oxygens (including phenoxy) is 1. The number of carbonyl (C=O) groups is 1. The van der Waals surface area contributed by atoms with Gasteiger partial charge in [-0.25, -0.2) is 10.1 Å². The summed E-state index contributed by atoms with van der Waals surface area (Å²) in [6.07, 6.45) is -0.671.